The molecule has 2 fully saturated rings. The average molecular weight is 857 g/mol. The third-order valence-corrected chi connectivity index (χ3v) is 11.2. The lowest BCUT2D eigenvalue weighted by Gasteiger charge is -2.29. The Hall–Kier alpha value is -6.62. The molecule has 1 saturated heterocycles. The van der Waals surface area contributed by atoms with E-state index in [0.717, 1.165) is 68.6 Å². The zero-order chi connectivity index (χ0) is 43.6. The van der Waals surface area contributed by atoms with Crippen molar-refractivity contribution in [2.45, 2.75) is 95.7 Å². The van der Waals surface area contributed by atoms with Crippen molar-refractivity contribution in [2.24, 2.45) is 5.92 Å². The number of rotatable bonds is 19. The molecule has 2 aliphatic heterocycles. The number of fused-ring (bicyclic) bond motifs is 1. The molecule has 1 aliphatic carbocycles. The molecule has 20 heteroatoms. The fourth-order valence-electron chi connectivity index (χ4n) is 7.98. The molecule has 326 valence electrons. The topological polar surface area (TPSA) is 221 Å². The summed E-state index contributed by atoms with van der Waals surface area (Å²) in [6.07, 6.45) is 6.25. The second kappa shape index (κ2) is 19.8. The zero-order valence-corrected chi connectivity index (χ0v) is 33.8. The number of ether oxygens (including phenoxy) is 1. The van der Waals surface area contributed by atoms with Gasteiger partial charge in [-0.3, -0.25) is 34.1 Å². The van der Waals surface area contributed by atoms with Crippen LogP contribution in [-0.2, 0) is 29.1 Å². The number of benzene rings is 2. The summed E-state index contributed by atoms with van der Waals surface area (Å²) in [7, 11) is 0. The first-order valence-corrected chi connectivity index (χ1v) is 20.7. The van der Waals surface area contributed by atoms with E-state index in [4.69, 9.17) is 0 Å². The van der Waals surface area contributed by atoms with Crippen LogP contribution < -0.4 is 31.3 Å². The number of para-hydroxylation sites is 1. The highest BCUT2D eigenvalue weighted by Crippen LogP contribution is 2.33. The van der Waals surface area contributed by atoms with E-state index in [2.05, 4.69) is 57.7 Å². The molecule has 0 radical (unpaired) electrons. The molecule has 4 heterocycles. The van der Waals surface area contributed by atoms with Gasteiger partial charge in [0.05, 0.1) is 23.0 Å². The van der Waals surface area contributed by atoms with Crippen molar-refractivity contribution in [3.05, 3.63) is 82.8 Å². The number of carbonyl (C=O) groups excluding carboxylic acids is 4. The van der Waals surface area contributed by atoms with Gasteiger partial charge in [0.2, 0.25) is 17.8 Å². The second-order valence-corrected chi connectivity index (χ2v) is 15.5. The Morgan fingerprint density at radius 3 is 2.53 bits per heavy atom. The van der Waals surface area contributed by atoms with Crippen molar-refractivity contribution in [3.8, 4) is 11.8 Å². The van der Waals surface area contributed by atoms with E-state index in [1.807, 2.05) is 10.9 Å². The van der Waals surface area contributed by atoms with E-state index in [1.165, 1.54) is 24.4 Å². The van der Waals surface area contributed by atoms with Crippen LogP contribution >= 0.6 is 0 Å². The number of carbonyl (C=O) groups is 4. The number of imide groups is 2. The first kappa shape index (κ1) is 43.5. The fourth-order valence-corrected chi connectivity index (χ4v) is 7.98. The van der Waals surface area contributed by atoms with Gasteiger partial charge in [0.15, 0.2) is 0 Å². The number of aryl methyl sites for hydroxylation is 1. The number of unbranched alkanes of at least 4 members (excludes halogenated alkanes) is 2. The lowest BCUT2D eigenvalue weighted by Crippen LogP contribution is -2.54. The number of nitrogens with zero attached hydrogens (tertiary/aromatic N) is 7. The first-order valence-electron chi connectivity index (χ1n) is 20.7. The number of hydrogen-bond donors (Lipinski definition) is 5. The summed E-state index contributed by atoms with van der Waals surface area (Å²) in [5.74, 6) is -1.55. The van der Waals surface area contributed by atoms with E-state index in [0.29, 0.717) is 43.0 Å². The highest BCUT2D eigenvalue weighted by molar-refractivity contribution is 6.25. The minimum absolute atomic E-state index is 0.00833. The maximum Gasteiger partial charge on any atom is 0.573 e. The second-order valence-electron chi connectivity index (χ2n) is 15.5. The smallest absolute Gasteiger partial charge is 0.405 e. The van der Waals surface area contributed by atoms with Gasteiger partial charge >= 0.3 is 6.36 Å². The fraction of sp³-hybridized carbons (Fsp3) is 0.452. The largest absolute Gasteiger partial charge is 0.573 e. The SMILES string of the molecule is N#Cc1cnc(NCc2ccccc2OC(F)(F)F)nc1NCC1CCC(NCCCCCn2cc(CCNc3cccc4c3C(=O)N(C3CCC(=O)NC3=O)C4=O)nn2)CC1. The summed E-state index contributed by atoms with van der Waals surface area (Å²) < 4.78 is 44.4. The molecule has 2 aromatic carbocycles. The van der Waals surface area contributed by atoms with Crippen LogP contribution in [0.25, 0.3) is 0 Å². The molecule has 1 unspecified atom stereocenters. The molecular formula is C42H47F3N12O5. The van der Waals surface area contributed by atoms with Crippen molar-refractivity contribution in [1.82, 2.24) is 40.5 Å². The Morgan fingerprint density at radius 2 is 1.74 bits per heavy atom. The minimum atomic E-state index is -4.82. The number of nitriles is 1. The average Bonchev–Trinajstić information content (AvgIpc) is 3.81. The van der Waals surface area contributed by atoms with Crippen molar-refractivity contribution in [2.75, 3.05) is 35.6 Å². The Labute approximate surface area is 355 Å². The molecule has 4 aromatic rings. The lowest BCUT2D eigenvalue weighted by atomic mass is 9.86. The highest BCUT2D eigenvalue weighted by atomic mass is 19.4. The van der Waals surface area contributed by atoms with E-state index in [9.17, 15) is 37.6 Å². The van der Waals surface area contributed by atoms with Crippen LogP contribution in [0.4, 0.5) is 30.6 Å². The number of piperidine rings is 1. The predicted molar refractivity (Wildman–Crippen MR) is 219 cm³/mol. The Bertz CT molecular complexity index is 2310. The molecule has 7 rings (SSSR count). The Kier molecular flexibility index (Phi) is 13.9. The first-order chi connectivity index (χ1) is 30.0. The molecular weight excluding hydrogens is 810 g/mol. The number of halogens is 3. The maximum atomic E-state index is 13.3. The summed E-state index contributed by atoms with van der Waals surface area (Å²) in [6.45, 7) is 2.71. The van der Waals surface area contributed by atoms with Gasteiger partial charge < -0.3 is 26.0 Å². The van der Waals surface area contributed by atoms with Crippen LogP contribution in [0, 0.1) is 17.2 Å². The Morgan fingerprint density at radius 1 is 0.919 bits per heavy atom. The van der Waals surface area contributed by atoms with Crippen molar-refractivity contribution in [1.29, 1.82) is 5.26 Å². The molecule has 2 aromatic heterocycles. The number of anilines is 3. The van der Waals surface area contributed by atoms with Crippen molar-refractivity contribution in [3.63, 3.8) is 0 Å². The van der Waals surface area contributed by atoms with Gasteiger partial charge in [-0.1, -0.05) is 35.9 Å². The maximum absolute atomic E-state index is 13.3. The number of aromatic nitrogens is 5. The van der Waals surface area contributed by atoms with E-state index in [-0.39, 0.29) is 53.3 Å². The van der Waals surface area contributed by atoms with Gasteiger partial charge in [0.1, 0.15) is 29.2 Å². The predicted octanol–water partition coefficient (Wildman–Crippen LogP) is 4.94. The van der Waals surface area contributed by atoms with Gasteiger partial charge in [-0.2, -0.15) is 10.2 Å². The third kappa shape index (κ3) is 11.0. The quantitative estimate of drug-likeness (QED) is 0.0624. The highest BCUT2D eigenvalue weighted by Gasteiger charge is 2.45. The monoisotopic (exact) mass is 856 g/mol. The van der Waals surface area contributed by atoms with E-state index >= 15 is 0 Å². The lowest BCUT2D eigenvalue weighted by molar-refractivity contribution is -0.274. The number of amides is 4. The molecule has 1 atom stereocenters. The van der Waals surface area contributed by atoms with Crippen LogP contribution in [-0.4, -0.2) is 91.6 Å². The Balaban J connectivity index is 0.765. The molecule has 5 N–H and O–H groups in total. The van der Waals surface area contributed by atoms with Crippen LogP contribution in [0.3, 0.4) is 0 Å². The van der Waals surface area contributed by atoms with Crippen LogP contribution in [0.2, 0.25) is 0 Å². The summed E-state index contributed by atoms with van der Waals surface area (Å²) in [6, 6.07) is 12.3. The standard InChI is InChI=1S/C42H47F3N12O5/c43-42(44,45)62-34-10-3-2-7-27(34)23-50-41-51-24-28(21-46)37(53-41)49-22-26-11-13-29(14-12-26)47-18-4-1-5-20-56-25-30(54-55-56)17-19-48-32-9-6-8-31-36(32)40(61)57(39(31)60)33-15-16-35(58)52-38(33)59/h2-3,6-10,24-26,29,33,47-48H,1,4-5,11-20,22-23H2,(H,52,58,59)(H2,49,50,51,53). The van der Waals surface area contributed by atoms with Gasteiger partial charge in [-0.15, -0.1) is 18.3 Å². The number of hydrogen-bond acceptors (Lipinski definition) is 14. The van der Waals surface area contributed by atoms with Crippen molar-refractivity contribution < 1.29 is 37.1 Å². The van der Waals surface area contributed by atoms with Gasteiger partial charge in [-0.05, 0) is 75.6 Å². The van der Waals surface area contributed by atoms with Crippen molar-refractivity contribution >= 4 is 41.1 Å². The number of alkyl halides is 3. The van der Waals surface area contributed by atoms with Crippen LogP contribution in [0.5, 0.6) is 5.75 Å². The molecule has 3 aliphatic rings. The molecule has 0 spiro atoms. The summed E-state index contributed by atoms with van der Waals surface area (Å²) in [4.78, 5) is 60.0. The van der Waals surface area contributed by atoms with Crippen LogP contribution in [0.15, 0.2) is 54.9 Å². The molecule has 62 heavy (non-hydrogen) atoms. The van der Waals surface area contributed by atoms with E-state index in [1.54, 1.807) is 24.3 Å². The normalized spacial score (nSPS) is 18.9. The van der Waals surface area contributed by atoms with Gasteiger partial charge in [-0.25, -0.2) is 4.98 Å². The number of nitrogens with one attached hydrogen (secondary N) is 5. The summed E-state index contributed by atoms with van der Waals surface area (Å²) in [5.41, 5.74) is 2.27. The summed E-state index contributed by atoms with van der Waals surface area (Å²) >= 11 is 0. The zero-order valence-electron chi connectivity index (χ0n) is 33.8. The molecule has 17 nitrogen and oxygen atoms in total. The molecule has 4 amide bonds. The molecule has 1 saturated carbocycles. The van der Waals surface area contributed by atoms with Gasteiger partial charge in [0, 0.05) is 62.5 Å². The molecule has 0 bridgehead atoms. The minimum Gasteiger partial charge on any atom is -0.405 e. The third-order valence-electron chi connectivity index (χ3n) is 11.2. The van der Waals surface area contributed by atoms with E-state index < -0.39 is 36.0 Å². The summed E-state index contributed by atoms with van der Waals surface area (Å²) in [5, 5.41) is 33.5. The van der Waals surface area contributed by atoms with Crippen LogP contribution in [0.1, 0.15) is 95.3 Å². The van der Waals surface area contributed by atoms with Gasteiger partial charge in [0.25, 0.3) is 11.8 Å².